The zero-order chi connectivity index (χ0) is 11.8. The number of aromatic amines is 1. The summed E-state index contributed by atoms with van der Waals surface area (Å²) in [5.41, 5.74) is 0.316. The van der Waals surface area contributed by atoms with Gasteiger partial charge in [0, 0.05) is 9.86 Å². The van der Waals surface area contributed by atoms with E-state index in [0.717, 1.165) is 9.86 Å². The van der Waals surface area contributed by atoms with Crippen LogP contribution in [0.5, 0.6) is 0 Å². The number of benzene rings is 1. The second-order valence-corrected chi connectivity index (χ2v) is 4.28. The Hall–Kier alpha value is -2.02. The second-order valence-electron chi connectivity index (χ2n) is 3.37. The lowest BCUT2D eigenvalue weighted by Gasteiger charge is -1.99. The first kappa shape index (κ1) is 10.2. The zero-order valence-electron chi connectivity index (χ0n) is 8.35. The number of aromatic nitrogens is 4. The van der Waals surface area contributed by atoms with Crippen LogP contribution in [-0.2, 0) is 0 Å². The number of tetrazole rings is 1. The highest BCUT2D eigenvalue weighted by Gasteiger charge is 2.11. The molecule has 0 spiro atoms. The summed E-state index contributed by atoms with van der Waals surface area (Å²) in [6.07, 6.45) is 0. The zero-order valence-corrected chi connectivity index (χ0v) is 9.93. The van der Waals surface area contributed by atoms with E-state index in [1.165, 1.54) is 0 Å². The predicted molar refractivity (Wildman–Crippen MR) is 63.4 cm³/mol. The third-order valence-corrected chi connectivity index (χ3v) is 2.77. The molecule has 0 amide bonds. The molecule has 0 atom stereocenters. The molecule has 0 aliphatic carbocycles. The van der Waals surface area contributed by atoms with Crippen LogP contribution >= 0.6 is 15.9 Å². The fourth-order valence-corrected chi connectivity index (χ4v) is 1.90. The van der Waals surface area contributed by atoms with Crippen molar-refractivity contribution in [2.45, 2.75) is 0 Å². The Morgan fingerprint density at radius 3 is 2.94 bits per heavy atom. The van der Waals surface area contributed by atoms with Crippen LogP contribution in [-0.4, -0.2) is 20.6 Å². The van der Waals surface area contributed by atoms with Gasteiger partial charge in [0.05, 0.1) is 0 Å². The number of H-pyrrole nitrogens is 1. The molecule has 2 aromatic heterocycles. The van der Waals surface area contributed by atoms with Crippen LogP contribution in [0.4, 0.5) is 0 Å². The largest absolute Gasteiger partial charge is 0.422 e. The van der Waals surface area contributed by atoms with Gasteiger partial charge in [0.25, 0.3) is 0 Å². The van der Waals surface area contributed by atoms with Crippen LogP contribution in [0.2, 0.25) is 0 Å². The molecule has 0 unspecified atom stereocenters. The molecule has 1 aromatic carbocycles. The molecule has 0 fully saturated rings. The molecule has 0 aliphatic rings. The van der Waals surface area contributed by atoms with Crippen molar-refractivity contribution in [1.29, 1.82) is 0 Å². The summed E-state index contributed by atoms with van der Waals surface area (Å²) in [4.78, 5) is 11.7. The molecule has 7 heteroatoms. The highest BCUT2D eigenvalue weighted by atomic mass is 79.9. The van der Waals surface area contributed by atoms with Crippen molar-refractivity contribution < 1.29 is 4.42 Å². The molecule has 17 heavy (non-hydrogen) atoms. The van der Waals surface area contributed by atoms with E-state index in [9.17, 15) is 4.79 Å². The fraction of sp³-hybridized carbons (Fsp3) is 0. The molecule has 3 aromatic rings. The van der Waals surface area contributed by atoms with E-state index in [1.807, 2.05) is 6.07 Å². The van der Waals surface area contributed by atoms with Gasteiger partial charge in [-0.3, -0.25) is 0 Å². The highest BCUT2D eigenvalue weighted by molar-refractivity contribution is 9.10. The van der Waals surface area contributed by atoms with E-state index >= 15 is 0 Å². The maximum absolute atomic E-state index is 11.7. The average molecular weight is 293 g/mol. The predicted octanol–water partition coefficient (Wildman–Crippen LogP) is 1.74. The summed E-state index contributed by atoms with van der Waals surface area (Å²) in [5.74, 6) is 0.223. The third-order valence-electron chi connectivity index (χ3n) is 2.28. The maximum atomic E-state index is 11.7. The average Bonchev–Trinajstić information content (AvgIpc) is 2.82. The molecule has 84 valence electrons. The summed E-state index contributed by atoms with van der Waals surface area (Å²) < 4.78 is 6.07. The number of nitrogens with one attached hydrogen (secondary N) is 1. The summed E-state index contributed by atoms with van der Waals surface area (Å²) >= 11 is 3.35. The SMILES string of the molecule is O=c1oc2ccc(Br)cc2cc1-c1nn[nH]n1. The monoisotopic (exact) mass is 292 g/mol. The molecule has 0 saturated heterocycles. The Kier molecular flexibility index (Phi) is 2.25. The highest BCUT2D eigenvalue weighted by Crippen LogP contribution is 2.21. The Balaban J connectivity index is 2.33. The van der Waals surface area contributed by atoms with Crippen molar-refractivity contribution in [1.82, 2.24) is 20.6 Å². The topological polar surface area (TPSA) is 84.7 Å². The van der Waals surface area contributed by atoms with Crippen molar-refractivity contribution in [2.24, 2.45) is 0 Å². The minimum Gasteiger partial charge on any atom is -0.422 e. The standard InChI is InChI=1S/C10H5BrN4O2/c11-6-1-2-8-5(3-6)4-7(10(16)17-8)9-12-14-15-13-9/h1-4H,(H,12,13,14,15). The molecule has 1 N–H and O–H groups in total. The van der Waals surface area contributed by atoms with E-state index in [-0.39, 0.29) is 11.4 Å². The first-order chi connectivity index (χ1) is 8.24. The van der Waals surface area contributed by atoms with Gasteiger partial charge >= 0.3 is 5.63 Å². The number of fused-ring (bicyclic) bond motifs is 1. The van der Waals surface area contributed by atoms with E-state index in [1.54, 1.807) is 18.2 Å². The Bertz CT molecular complexity index is 736. The second kappa shape index (κ2) is 3.77. The van der Waals surface area contributed by atoms with Gasteiger partial charge in [-0.25, -0.2) is 4.79 Å². The molecular weight excluding hydrogens is 288 g/mol. The molecule has 3 rings (SSSR count). The van der Waals surface area contributed by atoms with Gasteiger partial charge in [-0.15, -0.1) is 10.2 Å². The lowest BCUT2D eigenvalue weighted by molar-refractivity contribution is 0.562. The number of nitrogens with zero attached hydrogens (tertiary/aromatic N) is 3. The summed E-state index contributed by atoms with van der Waals surface area (Å²) in [5, 5.41) is 14.0. The van der Waals surface area contributed by atoms with Crippen molar-refractivity contribution >= 4 is 26.9 Å². The summed E-state index contributed by atoms with van der Waals surface area (Å²) in [6.45, 7) is 0. The molecule has 0 radical (unpaired) electrons. The van der Waals surface area contributed by atoms with Gasteiger partial charge in [0.2, 0.25) is 5.82 Å². The number of rotatable bonds is 1. The van der Waals surface area contributed by atoms with Crippen molar-refractivity contribution in [2.75, 3.05) is 0 Å². The molecule has 0 aliphatic heterocycles. The molecule has 2 heterocycles. The van der Waals surface area contributed by atoms with Crippen LogP contribution in [0.25, 0.3) is 22.4 Å². The normalized spacial score (nSPS) is 10.9. The Morgan fingerprint density at radius 2 is 2.18 bits per heavy atom. The molecule has 0 saturated carbocycles. The minimum absolute atomic E-state index is 0.223. The van der Waals surface area contributed by atoms with Gasteiger partial charge in [-0.05, 0) is 29.5 Å². The summed E-state index contributed by atoms with van der Waals surface area (Å²) in [6, 6.07) is 7.05. The van der Waals surface area contributed by atoms with Gasteiger partial charge in [0.1, 0.15) is 11.1 Å². The van der Waals surface area contributed by atoms with E-state index in [4.69, 9.17) is 4.42 Å². The van der Waals surface area contributed by atoms with Crippen LogP contribution in [0.3, 0.4) is 0 Å². The van der Waals surface area contributed by atoms with Crippen LogP contribution in [0, 0.1) is 0 Å². The number of hydrogen-bond donors (Lipinski definition) is 1. The van der Waals surface area contributed by atoms with Crippen molar-refractivity contribution in [3.05, 3.63) is 39.2 Å². The van der Waals surface area contributed by atoms with E-state index in [2.05, 4.69) is 36.6 Å². The third kappa shape index (κ3) is 1.74. The maximum Gasteiger partial charge on any atom is 0.347 e. The van der Waals surface area contributed by atoms with Gasteiger partial charge in [0.15, 0.2) is 0 Å². The Morgan fingerprint density at radius 1 is 1.29 bits per heavy atom. The van der Waals surface area contributed by atoms with E-state index in [0.29, 0.717) is 5.58 Å². The van der Waals surface area contributed by atoms with Gasteiger partial charge in [-0.1, -0.05) is 15.9 Å². The van der Waals surface area contributed by atoms with Crippen molar-refractivity contribution in [3.63, 3.8) is 0 Å². The fourth-order valence-electron chi connectivity index (χ4n) is 1.53. The van der Waals surface area contributed by atoms with Crippen LogP contribution in [0.15, 0.2) is 37.9 Å². The van der Waals surface area contributed by atoms with Gasteiger partial charge < -0.3 is 4.42 Å². The molecule has 0 bridgehead atoms. The lowest BCUT2D eigenvalue weighted by Crippen LogP contribution is -2.03. The minimum atomic E-state index is -0.485. The number of halogens is 1. The summed E-state index contributed by atoms with van der Waals surface area (Å²) in [7, 11) is 0. The number of hydrogen-bond acceptors (Lipinski definition) is 5. The van der Waals surface area contributed by atoms with E-state index < -0.39 is 5.63 Å². The lowest BCUT2D eigenvalue weighted by atomic mass is 10.2. The molecule has 6 nitrogen and oxygen atoms in total. The van der Waals surface area contributed by atoms with Crippen molar-refractivity contribution in [3.8, 4) is 11.4 Å². The van der Waals surface area contributed by atoms with Gasteiger partial charge in [-0.2, -0.15) is 5.21 Å². The quantitative estimate of drug-likeness (QED) is 0.691. The van der Waals surface area contributed by atoms with Crippen LogP contribution in [0.1, 0.15) is 0 Å². The first-order valence-corrected chi connectivity index (χ1v) is 5.50. The smallest absolute Gasteiger partial charge is 0.347 e. The Labute approximate surface area is 103 Å². The van der Waals surface area contributed by atoms with Crippen LogP contribution < -0.4 is 5.63 Å². The molecular formula is C10H5BrN4O2. The first-order valence-electron chi connectivity index (χ1n) is 4.71.